The maximum absolute atomic E-state index is 12.2. The van der Waals surface area contributed by atoms with Gasteiger partial charge in [-0.25, -0.2) is 4.79 Å². The molecular weight excluding hydrogens is 490 g/mol. The molecule has 12 nitrogen and oxygen atoms in total. The lowest BCUT2D eigenvalue weighted by atomic mass is 10.2. The zero-order valence-electron chi connectivity index (χ0n) is 20.6. The first-order valence-corrected chi connectivity index (χ1v) is 11.9. The van der Waals surface area contributed by atoms with Gasteiger partial charge in [-0.15, -0.1) is 5.11 Å². The standard InChI is InChI=1S/C26H25N7O5/c1-35-22-16-18(9-10-20(22)38-23(34)21-8-5-13-37-21)17-27-32-25-29-24(28-19-6-3-2-4-7-19)30-26(31-25)33-11-14-36-15-12-33/h2-10,13,16H,11-12,14-15,17H2,1H3,(H,28,29,30,31). The Balaban J connectivity index is 1.31. The summed E-state index contributed by atoms with van der Waals surface area (Å²) in [5.74, 6) is 1.16. The minimum atomic E-state index is -0.619. The van der Waals surface area contributed by atoms with Crippen LogP contribution in [0.25, 0.3) is 0 Å². The molecule has 1 N–H and O–H groups in total. The van der Waals surface area contributed by atoms with Crippen molar-refractivity contribution < 1.29 is 23.4 Å². The van der Waals surface area contributed by atoms with Crippen LogP contribution in [0.2, 0.25) is 0 Å². The highest BCUT2D eigenvalue weighted by Crippen LogP contribution is 2.29. The number of aromatic nitrogens is 3. The summed E-state index contributed by atoms with van der Waals surface area (Å²) in [5.41, 5.74) is 1.63. The molecule has 0 radical (unpaired) electrons. The van der Waals surface area contributed by atoms with E-state index in [2.05, 4.69) is 30.5 Å². The van der Waals surface area contributed by atoms with Crippen LogP contribution in [0.1, 0.15) is 16.1 Å². The number of anilines is 3. The smallest absolute Gasteiger partial charge is 0.379 e. The number of furan rings is 1. The number of ether oxygens (including phenoxy) is 3. The van der Waals surface area contributed by atoms with Crippen LogP contribution in [0.5, 0.6) is 11.5 Å². The predicted molar refractivity (Wildman–Crippen MR) is 137 cm³/mol. The number of benzene rings is 2. The molecule has 1 saturated heterocycles. The molecule has 3 heterocycles. The first kappa shape index (κ1) is 24.8. The molecule has 0 spiro atoms. The Kier molecular flexibility index (Phi) is 7.80. The molecule has 2 aromatic carbocycles. The van der Waals surface area contributed by atoms with Gasteiger partial charge in [0.05, 0.1) is 33.1 Å². The quantitative estimate of drug-likeness (QED) is 0.192. The van der Waals surface area contributed by atoms with Crippen LogP contribution in [0, 0.1) is 0 Å². The number of nitrogens with zero attached hydrogens (tertiary/aromatic N) is 6. The average Bonchev–Trinajstić information content (AvgIpc) is 3.50. The van der Waals surface area contributed by atoms with E-state index in [1.807, 2.05) is 35.2 Å². The summed E-state index contributed by atoms with van der Waals surface area (Å²) in [4.78, 5) is 27.7. The number of methoxy groups -OCH3 is 1. The Morgan fingerprint density at radius 1 is 1.03 bits per heavy atom. The van der Waals surface area contributed by atoms with E-state index in [0.29, 0.717) is 43.9 Å². The second kappa shape index (κ2) is 11.9. The highest BCUT2D eigenvalue weighted by molar-refractivity contribution is 5.88. The van der Waals surface area contributed by atoms with Gasteiger partial charge in [0.2, 0.25) is 17.7 Å². The molecular formula is C26H25N7O5. The van der Waals surface area contributed by atoms with Crippen molar-refractivity contribution in [2.45, 2.75) is 6.54 Å². The lowest BCUT2D eigenvalue weighted by Gasteiger charge is -2.26. The van der Waals surface area contributed by atoms with Crippen molar-refractivity contribution in [2.75, 3.05) is 43.6 Å². The van der Waals surface area contributed by atoms with Crippen LogP contribution in [0.3, 0.4) is 0 Å². The van der Waals surface area contributed by atoms with E-state index in [0.717, 1.165) is 11.3 Å². The number of morpholine rings is 1. The van der Waals surface area contributed by atoms with E-state index in [-0.39, 0.29) is 24.0 Å². The fourth-order valence-electron chi connectivity index (χ4n) is 3.63. The number of carbonyl (C=O) groups is 1. The normalized spacial score (nSPS) is 13.4. The Morgan fingerprint density at radius 2 is 1.87 bits per heavy atom. The lowest BCUT2D eigenvalue weighted by molar-refractivity contribution is 0.0696. The van der Waals surface area contributed by atoms with E-state index < -0.39 is 5.97 Å². The molecule has 194 valence electrons. The van der Waals surface area contributed by atoms with Gasteiger partial charge in [-0.1, -0.05) is 24.3 Å². The summed E-state index contributed by atoms with van der Waals surface area (Å²) in [6, 6.07) is 17.9. The number of hydrogen-bond acceptors (Lipinski definition) is 12. The first-order chi connectivity index (χ1) is 18.7. The van der Waals surface area contributed by atoms with Crippen molar-refractivity contribution in [2.24, 2.45) is 10.2 Å². The lowest BCUT2D eigenvalue weighted by Crippen LogP contribution is -2.37. The van der Waals surface area contributed by atoms with Gasteiger partial charge in [0.25, 0.3) is 5.95 Å². The van der Waals surface area contributed by atoms with Gasteiger partial charge in [-0.2, -0.15) is 20.1 Å². The molecule has 12 heteroatoms. The minimum Gasteiger partial charge on any atom is -0.493 e. The molecule has 0 atom stereocenters. The van der Waals surface area contributed by atoms with Gasteiger partial charge in [-0.3, -0.25) is 0 Å². The predicted octanol–water partition coefficient (Wildman–Crippen LogP) is 4.56. The molecule has 1 aliphatic rings. The molecule has 1 aliphatic heterocycles. The fourth-order valence-corrected chi connectivity index (χ4v) is 3.63. The summed E-state index contributed by atoms with van der Waals surface area (Å²) < 4.78 is 21.3. The van der Waals surface area contributed by atoms with Crippen molar-refractivity contribution >= 4 is 29.5 Å². The van der Waals surface area contributed by atoms with Crippen molar-refractivity contribution in [3.8, 4) is 11.5 Å². The molecule has 0 aliphatic carbocycles. The second-order valence-electron chi connectivity index (χ2n) is 8.10. The Hall–Kier alpha value is -4.84. The van der Waals surface area contributed by atoms with E-state index in [1.165, 1.54) is 19.4 Å². The molecule has 1 fully saturated rings. The molecule has 0 saturated carbocycles. The van der Waals surface area contributed by atoms with E-state index in [4.69, 9.17) is 18.6 Å². The topological polar surface area (TPSA) is 137 Å². The summed E-state index contributed by atoms with van der Waals surface area (Å²) >= 11 is 0. The van der Waals surface area contributed by atoms with Gasteiger partial charge < -0.3 is 28.8 Å². The third kappa shape index (κ3) is 6.28. The Morgan fingerprint density at radius 3 is 2.63 bits per heavy atom. The summed E-state index contributed by atoms with van der Waals surface area (Å²) in [7, 11) is 1.49. The highest BCUT2D eigenvalue weighted by atomic mass is 16.6. The average molecular weight is 516 g/mol. The number of hydrogen-bond donors (Lipinski definition) is 1. The van der Waals surface area contributed by atoms with Crippen molar-refractivity contribution in [1.82, 2.24) is 15.0 Å². The number of nitrogens with one attached hydrogen (secondary N) is 1. The molecule has 0 bridgehead atoms. The van der Waals surface area contributed by atoms with Crippen LogP contribution in [-0.2, 0) is 11.3 Å². The van der Waals surface area contributed by atoms with E-state index in [9.17, 15) is 4.79 Å². The minimum absolute atomic E-state index is 0.0971. The summed E-state index contributed by atoms with van der Waals surface area (Å²) in [6.07, 6.45) is 1.40. The number of para-hydroxylation sites is 1. The van der Waals surface area contributed by atoms with E-state index >= 15 is 0 Å². The number of azo groups is 1. The van der Waals surface area contributed by atoms with Crippen LogP contribution in [0.4, 0.5) is 23.5 Å². The molecule has 4 aromatic rings. The number of rotatable bonds is 9. The van der Waals surface area contributed by atoms with Gasteiger partial charge in [0, 0.05) is 18.8 Å². The number of esters is 1. The highest BCUT2D eigenvalue weighted by Gasteiger charge is 2.17. The zero-order valence-corrected chi connectivity index (χ0v) is 20.6. The SMILES string of the molecule is COc1cc(CN=Nc2nc(Nc3ccccc3)nc(N3CCOCC3)n2)ccc1OC(=O)c1ccco1. The van der Waals surface area contributed by atoms with Crippen LogP contribution < -0.4 is 19.7 Å². The van der Waals surface area contributed by atoms with Crippen LogP contribution in [-0.4, -0.2) is 54.3 Å². The second-order valence-corrected chi connectivity index (χ2v) is 8.10. The van der Waals surface area contributed by atoms with Gasteiger partial charge in [-0.05, 0) is 42.0 Å². The largest absolute Gasteiger partial charge is 0.493 e. The van der Waals surface area contributed by atoms with Gasteiger partial charge >= 0.3 is 5.97 Å². The molecule has 5 rings (SSSR count). The third-order valence-electron chi connectivity index (χ3n) is 5.50. The Labute approximate surface area is 218 Å². The summed E-state index contributed by atoms with van der Waals surface area (Å²) in [5, 5.41) is 11.7. The Bertz CT molecular complexity index is 1390. The van der Waals surface area contributed by atoms with Crippen molar-refractivity contribution in [3.63, 3.8) is 0 Å². The third-order valence-corrected chi connectivity index (χ3v) is 5.50. The molecule has 2 aromatic heterocycles. The zero-order chi connectivity index (χ0) is 26.2. The van der Waals surface area contributed by atoms with Crippen LogP contribution in [0.15, 0.2) is 81.6 Å². The van der Waals surface area contributed by atoms with Gasteiger partial charge in [0.1, 0.15) is 0 Å². The molecule has 38 heavy (non-hydrogen) atoms. The maximum Gasteiger partial charge on any atom is 0.379 e. The van der Waals surface area contributed by atoms with Crippen LogP contribution >= 0.6 is 0 Å². The molecule has 0 unspecified atom stereocenters. The van der Waals surface area contributed by atoms with Gasteiger partial charge in [0.15, 0.2) is 11.5 Å². The molecule has 0 amide bonds. The number of carbonyl (C=O) groups excluding carboxylic acids is 1. The van der Waals surface area contributed by atoms with E-state index in [1.54, 1.807) is 24.3 Å². The maximum atomic E-state index is 12.2. The summed E-state index contributed by atoms with van der Waals surface area (Å²) in [6.45, 7) is 2.75. The first-order valence-electron chi connectivity index (χ1n) is 11.9. The monoisotopic (exact) mass is 515 g/mol. The van der Waals surface area contributed by atoms with Crippen molar-refractivity contribution in [3.05, 3.63) is 78.3 Å². The van der Waals surface area contributed by atoms with Crippen molar-refractivity contribution in [1.29, 1.82) is 0 Å². The fraction of sp³-hybridized carbons (Fsp3) is 0.231.